The molecule has 5 heteroatoms. The van der Waals surface area contributed by atoms with E-state index in [1.807, 2.05) is 0 Å². The highest BCUT2D eigenvalue weighted by atomic mass is 35.5. The molecule has 1 heterocycles. The third-order valence-electron chi connectivity index (χ3n) is 0.766. The van der Waals surface area contributed by atoms with E-state index < -0.39 is 5.12 Å². The van der Waals surface area contributed by atoms with Crippen molar-refractivity contribution >= 4 is 40.9 Å². The van der Waals surface area contributed by atoms with E-state index in [1.165, 1.54) is 6.21 Å². The highest BCUT2D eigenvalue weighted by Gasteiger charge is 2.27. The number of aldehydes is 1. The number of alkyl halides is 1. The van der Waals surface area contributed by atoms with Crippen LogP contribution < -0.4 is 0 Å². The summed E-state index contributed by atoms with van der Waals surface area (Å²) in [5.41, 5.74) is 0. The second-order valence-corrected chi connectivity index (χ2v) is 2.39. The van der Waals surface area contributed by atoms with Gasteiger partial charge in [-0.1, -0.05) is 23.2 Å². The van der Waals surface area contributed by atoms with E-state index in [-0.39, 0.29) is 5.17 Å². The number of hydrogen-bond acceptors (Lipinski definition) is 3. The number of rotatable bonds is 1. The van der Waals surface area contributed by atoms with Gasteiger partial charge in [0.25, 0.3) is 5.12 Å². The second kappa shape index (κ2) is 2.08. The molecule has 0 radical (unpaired) electrons. The highest BCUT2D eigenvalue weighted by molar-refractivity contribution is 6.80. The van der Waals surface area contributed by atoms with Crippen molar-refractivity contribution in [2.24, 2.45) is 9.98 Å². The van der Waals surface area contributed by atoms with E-state index in [4.69, 9.17) is 23.2 Å². The molecule has 3 nitrogen and oxygen atoms in total. The van der Waals surface area contributed by atoms with E-state index >= 15 is 0 Å². The van der Waals surface area contributed by atoms with Gasteiger partial charge in [-0.25, -0.2) is 9.98 Å². The monoisotopic (exact) mass is 164 g/mol. The van der Waals surface area contributed by atoms with Gasteiger partial charge in [0, 0.05) is 0 Å². The summed E-state index contributed by atoms with van der Waals surface area (Å²) in [6, 6.07) is 0. The van der Waals surface area contributed by atoms with Gasteiger partial charge in [-0.15, -0.1) is 0 Å². The third kappa shape index (κ3) is 1.28. The van der Waals surface area contributed by atoms with Crippen molar-refractivity contribution in [2.45, 2.75) is 5.12 Å². The Kier molecular flexibility index (Phi) is 1.55. The standard InChI is InChI=1S/C4H2Cl2N2O/c5-3-1-7-4(6,2-9)8-3/h1-2H. The molecule has 1 unspecified atom stereocenters. The maximum Gasteiger partial charge on any atom is 0.284 e. The molecule has 0 amide bonds. The lowest BCUT2D eigenvalue weighted by Crippen LogP contribution is -2.13. The van der Waals surface area contributed by atoms with Crippen LogP contribution in [-0.2, 0) is 4.79 Å². The minimum Gasteiger partial charge on any atom is -0.297 e. The summed E-state index contributed by atoms with van der Waals surface area (Å²) in [5.74, 6) is 0. The SMILES string of the molecule is O=CC1(Cl)N=CC(Cl)=N1. The van der Waals surface area contributed by atoms with Crippen molar-refractivity contribution in [1.29, 1.82) is 0 Å². The van der Waals surface area contributed by atoms with Crippen molar-refractivity contribution in [1.82, 2.24) is 0 Å². The van der Waals surface area contributed by atoms with Crippen LogP contribution >= 0.6 is 23.2 Å². The quantitative estimate of drug-likeness (QED) is 0.322. The number of nitrogens with zero attached hydrogens (tertiary/aromatic N) is 2. The second-order valence-electron chi connectivity index (χ2n) is 1.45. The first-order valence-corrected chi connectivity index (χ1v) is 2.88. The Hall–Kier alpha value is -0.410. The molecule has 1 atom stereocenters. The Balaban J connectivity index is 2.90. The zero-order valence-corrected chi connectivity index (χ0v) is 5.73. The Morgan fingerprint density at radius 3 is 2.67 bits per heavy atom. The summed E-state index contributed by atoms with van der Waals surface area (Å²) in [6.07, 6.45) is 1.66. The van der Waals surface area contributed by atoms with Gasteiger partial charge in [-0.05, 0) is 0 Å². The van der Waals surface area contributed by atoms with Crippen LogP contribution in [0.2, 0.25) is 0 Å². The first-order valence-electron chi connectivity index (χ1n) is 2.12. The van der Waals surface area contributed by atoms with Crippen molar-refractivity contribution < 1.29 is 4.79 Å². The molecule has 0 aromatic rings. The number of hydrogen-bond donors (Lipinski definition) is 0. The average molecular weight is 165 g/mol. The molecule has 0 aliphatic carbocycles. The zero-order valence-electron chi connectivity index (χ0n) is 4.21. The number of aliphatic imine (C=N–C) groups is 2. The van der Waals surface area contributed by atoms with Gasteiger partial charge in [0.1, 0.15) is 5.17 Å². The van der Waals surface area contributed by atoms with Crippen molar-refractivity contribution in [3.63, 3.8) is 0 Å². The Morgan fingerprint density at radius 2 is 2.44 bits per heavy atom. The molecule has 1 rings (SSSR count). The predicted molar refractivity (Wildman–Crippen MR) is 36.4 cm³/mol. The van der Waals surface area contributed by atoms with Crippen LogP contribution in [0, 0.1) is 0 Å². The summed E-state index contributed by atoms with van der Waals surface area (Å²) < 4.78 is 0. The van der Waals surface area contributed by atoms with E-state index in [1.54, 1.807) is 0 Å². The average Bonchev–Trinajstić information content (AvgIpc) is 2.13. The normalized spacial score (nSPS) is 32.4. The summed E-state index contributed by atoms with van der Waals surface area (Å²) in [5, 5.41) is -1.33. The van der Waals surface area contributed by atoms with Crippen molar-refractivity contribution in [3.05, 3.63) is 0 Å². The molecule has 0 bridgehead atoms. The molecule has 0 N–H and O–H groups in total. The van der Waals surface area contributed by atoms with E-state index in [9.17, 15) is 4.79 Å². The van der Waals surface area contributed by atoms with Crippen LogP contribution in [0.5, 0.6) is 0 Å². The third-order valence-corrected chi connectivity index (χ3v) is 1.22. The number of carbonyl (C=O) groups is 1. The van der Waals surface area contributed by atoms with E-state index in [0.29, 0.717) is 6.29 Å². The van der Waals surface area contributed by atoms with Crippen LogP contribution in [0.3, 0.4) is 0 Å². The molecule has 0 saturated heterocycles. The molecule has 0 fully saturated rings. The van der Waals surface area contributed by atoms with E-state index in [2.05, 4.69) is 9.98 Å². The minimum atomic E-state index is -1.48. The lowest BCUT2D eigenvalue weighted by Gasteiger charge is -2.01. The molecule has 48 valence electrons. The van der Waals surface area contributed by atoms with Gasteiger partial charge in [-0.2, -0.15) is 0 Å². The lowest BCUT2D eigenvalue weighted by molar-refractivity contribution is -0.109. The highest BCUT2D eigenvalue weighted by Crippen LogP contribution is 2.20. The van der Waals surface area contributed by atoms with Gasteiger partial charge in [0.15, 0.2) is 6.29 Å². The van der Waals surface area contributed by atoms with Gasteiger partial charge in [0.2, 0.25) is 0 Å². The molecule has 0 aromatic carbocycles. The Morgan fingerprint density at radius 1 is 1.78 bits per heavy atom. The fourth-order valence-corrected chi connectivity index (χ4v) is 0.769. The minimum absolute atomic E-state index is 0.150. The van der Waals surface area contributed by atoms with E-state index in [0.717, 1.165) is 0 Å². The van der Waals surface area contributed by atoms with Gasteiger partial charge in [0.05, 0.1) is 6.21 Å². The topological polar surface area (TPSA) is 41.8 Å². The van der Waals surface area contributed by atoms with Gasteiger partial charge < -0.3 is 0 Å². The maximum atomic E-state index is 10.1. The molecule has 0 spiro atoms. The molecule has 1 aliphatic rings. The van der Waals surface area contributed by atoms with Gasteiger partial charge in [-0.3, -0.25) is 4.79 Å². The molecule has 1 aliphatic heterocycles. The molecule has 0 aromatic heterocycles. The zero-order chi connectivity index (χ0) is 6.91. The smallest absolute Gasteiger partial charge is 0.284 e. The molecular formula is C4H2Cl2N2O. The van der Waals surface area contributed by atoms with Crippen LogP contribution in [0.15, 0.2) is 9.98 Å². The summed E-state index contributed by atoms with van der Waals surface area (Å²) >= 11 is 10.7. The van der Waals surface area contributed by atoms with Crippen molar-refractivity contribution in [2.75, 3.05) is 0 Å². The van der Waals surface area contributed by atoms with Gasteiger partial charge >= 0.3 is 0 Å². The first-order chi connectivity index (χ1) is 4.16. The fourth-order valence-electron chi connectivity index (χ4n) is 0.408. The Bertz CT molecular complexity index is 201. The number of halogens is 2. The summed E-state index contributed by atoms with van der Waals surface area (Å²) in [7, 11) is 0. The summed E-state index contributed by atoms with van der Waals surface area (Å²) in [6.45, 7) is 0. The fraction of sp³-hybridized carbons (Fsp3) is 0.250. The predicted octanol–water partition coefficient (Wildman–Crippen LogP) is 0.800. The van der Waals surface area contributed by atoms with Crippen LogP contribution in [0.4, 0.5) is 0 Å². The van der Waals surface area contributed by atoms with Crippen LogP contribution in [-0.4, -0.2) is 22.8 Å². The number of carbonyl (C=O) groups excluding carboxylic acids is 1. The largest absolute Gasteiger partial charge is 0.297 e. The van der Waals surface area contributed by atoms with Crippen LogP contribution in [0.1, 0.15) is 0 Å². The molecular weight excluding hydrogens is 163 g/mol. The Labute approximate surface area is 61.4 Å². The first kappa shape index (κ1) is 6.71. The van der Waals surface area contributed by atoms with Crippen molar-refractivity contribution in [3.8, 4) is 0 Å². The molecule has 9 heavy (non-hydrogen) atoms. The lowest BCUT2D eigenvalue weighted by atomic mass is 10.6. The maximum absolute atomic E-state index is 10.1. The molecule has 0 saturated carbocycles. The van der Waals surface area contributed by atoms with Crippen LogP contribution in [0.25, 0.3) is 0 Å². The summed E-state index contributed by atoms with van der Waals surface area (Å²) in [4.78, 5) is 17.1.